The summed E-state index contributed by atoms with van der Waals surface area (Å²) in [6, 6.07) is 0. The Kier molecular flexibility index (Phi) is 3.93. The minimum Gasteiger partial charge on any atom is -0.448 e. The lowest BCUT2D eigenvalue weighted by Gasteiger charge is -2.10. The van der Waals surface area contributed by atoms with E-state index in [1.165, 1.54) is 0 Å². The molecule has 1 fully saturated rings. The zero-order valence-corrected chi connectivity index (χ0v) is 5.24. The van der Waals surface area contributed by atoms with E-state index in [-0.39, 0.29) is 23.3 Å². The van der Waals surface area contributed by atoms with Gasteiger partial charge in [-0.2, -0.15) is 5.06 Å². The van der Waals surface area contributed by atoms with Crippen LogP contribution in [0.25, 0.3) is 0 Å². The largest absolute Gasteiger partial charge is 0.530 e. The van der Waals surface area contributed by atoms with E-state index in [4.69, 9.17) is 5.11 Å². The average molecular weight is 175 g/mol. The molecule has 0 aromatic rings. The predicted octanol–water partition coefficient (Wildman–Crippen LogP) is -0.965. The van der Waals surface area contributed by atoms with Crippen LogP contribution in [0.5, 0.6) is 0 Å². The zero-order valence-electron chi connectivity index (χ0n) is 5.24. The maximum Gasteiger partial charge on any atom is 0.530 e. The minimum atomic E-state index is -1.43. The van der Waals surface area contributed by atoms with Gasteiger partial charge in [-0.3, -0.25) is 4.79 Å². The van der Waals surface area contributed by atoms with Gasteiger partial charge in [0.15, 0.2) is 17.4 Å². The molecule has 0 spiro atoms. The molecule has 0 aliphatic carbocycles. The lowest BCUT2D eigenvalue weighted by Crippen LogP contribution is -2.27. The Hall–Kier alpha value is -0.728. The first-order chi connectivity index (χ1) is 4.70. The molecule has 0 bridgehead atoms. The van der Waals surface area contributed by atoms with Gasteiger partial charge in [0.05, 0.1) is 6.54 Å². The fourth-order valence-electron chi connectivity index (χ4n) is 0.814. The first kappa shape index (κ1) is 10.3. The molecular formula is C5H10AlNO4. The van der Waals surface area contributed by atoms with Gasteiger partial charge in [-0.25, -0.2) is 4.79 Å². The van der Waals surface area contributed by atoms with Crippen LogP contribution in [-0.4, -0.2) is 46.1 Å². The SMILES string of the molecule is O=C(O)ON1CCCC1=O.[AlH3]. The second kappa shape index (κ2) is 4.21. The van der Waals surface area contributed by atoms with E-state index >= 15 is 0 Å². The van der Waals surface area contributed by atoms with Gasteiger partial charge < -0.3 is 9.94 Å². The highest BCUT2D eigenvalue weighted by atomic mass is 27.0. The Morgan fingerprint density at radius 2 is 2.27 bits per heavy atom. The van der Waals surface area contributed by atoms with Gasteiger partial charge in [-0.15, -0.1) is 0 Å². The molecule has 6 heteroatoms. The predicted molar refractivity (Wildman–Crippen MR) is 40.0 cm³/mol. The van der Waals surface area contributed by atoms with Crippen molar-refractivity contribution in [2.24, 2.45) is 0 Å². The number of hydrogen-bond donors (Lipinski definition) is 1. The van der Waals surface area contributed by atoms with Crippen molar-refractivity contribution in [3.05, 3.63) is 0 Å². The maximum absolute atomic E-state index is 10.6. The summed E-state index contributed by atoms with van der Waals surface area (Å²) in [7, 11) is 0. The van der Waals surface area contributed by atoms with Gasteiger partial charge in [-0.1, -0.05) is 0 Å². The van der Waals surface area contributed by atoms with E-state index in [1.54, 1.807) is 0 Å². The number of amides is 1. The summed E-state index contributed by atoms with van der Waals surface area (Å²) in [5.74, 6) is -0.262. The number of carbonyl (C=O) groups excluding carboxylic acids is 1. The third kappa shape index (κ3) is 2.78. The third-order valence-electron chi connectivity index (χ3n) is 1.22. The first-order valence-corrected chi connectivity index (χ1v) is 2.91. The summed E-state index contributed by atoms with van der Waals surface area (Å²) in [6.07, 6.45) is -0.380. The molecule has 5 nitrogen and oxygen atoms in total. The molecular weight excluding hydrogens is 165 g/mol. The fourth-order valence-corrected chi connectivity index (χ4v) is 0.814. The molecule has 11 heavy (non-hydrogen) atoms. The summed E-state index contributed by atoms with van der Waals surface area (Å²) >= 11 is 0. The average Bonchev–Trinajstić information content (AvgIpc) is 2.15. The monoisotopic (exact) mass is 175 g/mol. The van der Waals surface area contributed by atoms with E-state index in [1.807, 2.05) is 0 Å². The van der Waals surface area contributed by atoms with E-state index in [0.29, 0.717) is 19.4 Å². The molecule has 1 heterocycles. The lowest BCUT2D eigenvalue weighted by molar-refractivity contribution is -0.162. The van der Waals surface area contributed by atoms with Crippen molar-refractivity contribution in [3.8, 4) is 0 Å². The van der Waals surface area contributed by atoms with Crippen molar-refractivity contribution in [2.45, 2.75) is 12.8 Å². The molecule has 0 saturated carbocycles. The van der Waals surface area contributed by atoms with Gasteiger partial charge in [0.25, 0.3) is 5.91 Å². The number of carbonyl (C=O) groups is 2. The lowest BCUT2D eigenvalue weighted by atomic mass is 10.4. The highest BCUT2D eigenvalue weighted by molar-refractivity contribution is 5.78. The quantitative estimate of drug-likeness (QED) is 0.521. The molecule has 1 aliphatic rings. The third-order valence-corrected chi connectivity index (χ3v) is 1.22. The van der Waals surface area contributed by atoms with Gasteiger partial charge in [0, 0.05) is 6.42 Å². The highest BCUT2D eigenvalue weighted by Gasteiger charge is 2.23. The minimum absolute atomic E-state index is 0. The second-order valence-corrected chi connectivity index (χ2v) is 1.96. The molecule has 1 rings (SSSR count). The molecule has 0 unspecified atom stereocenters. The Bertz CT molecular complexity index is 172. The van der Waals surface area contributed by atoms with Crippen LogP contribution in [-0.2, 0) is 9.63 Å². The van der Waals surface area contributed by atoms with E-state index in [9.17, 15) is 9.59 Å². The molecule has 0 aromatic heterocycles. The van der Waals surface area contributed by atoms with Crippen molar-refractivity contribution >= 4 is 29.4 Å². The standard InChI is InChI=1S/C5H7NO4.Al.3H/c7-4-2-1-3-6(4)10-5(8)9;;;;/h1-3H2,(H,8,9);;;;. The molecule has 0 aromatic carbocycles. The number of hydroxylamine groups is 2. The number of nitrogens with zero attached hydrogens (tertiary/aromatic N) is 1. The molecule has 62 valence electrons. The molecule has 1 aliphatic heterocycles. The van der Waals surface area contributed by atoms with E-state index < -0.39 is 6.16 Å². The molecule has 1 saturated heterocycles. The molecule has 1 N–H and O–H groups in total. The van der Waals surface area contributed by atoms with Crippen LogP contribution < -0.4 is 0 Å². The van der Waals surface area contributed by atoms with Crippen molar-refractivity contribution in [2.75, 3.05) is 6.54 Å². The van der Waals surface area contributed by atoms with E-state index in [2.05, 4.69) is 4.84 Å². The van der Waals surface area contributed by atoms with Crippen LogP contribution in [0, 0.1) is 0 Å². The number of hydrogen-bond acceptors (Lipinski definition) is 3. The smallest absolute Gasteiger partial charge is 0.448 e. The Labute approximate surface area is 74.0 Å². The Balaban J connectivity index is 0.000001000. The summed E-state index contributed by atoms with van der Waals surface area (Å²) < 4.78 is 0. The van der Waals surface area contributed by atoms with Crippen LogP contribution in [0.15, 0.2) is 0 Å². The zero-order chi connectivity index (χ0) is 7.56. The van der Waals surface area contributed by atoms with Crippen LogP contribution in [0.2, 0.25) is 0 Å². The Morgan fingerprint density at radius 3 is 2.64 bits per heavy atom. The molecule has 1 amide bonds. The van der Waals surface area contributed by atoms with Crippen molar-refractivity contribution in [1.82, 2.24) is 5.06 Å². The number of rotatable bonds is 1. The summed E-state index contributed by atoms with van der Waals surface area (Å²) in [6.45, 7) is 0.380. The van der Waals surface area contributed by atoms with Gasteiger partial charge in [-0.05, 0) is 6.42 Å². The van der Waals surface area contributed by atoms with Crippen LogP contribution in [0.1, 0.15) is 12.8 Å². The van der Waals surface area contributed by atoms with Gasteiger partial charge >= 0.3 is 6.16 Å². The maximum atomic E-state index is 10.6. The fraction of sp³-hybridized carbons (Fsp3) is 0.600. The van der Waals surface area contributed by atoms with Crippen molar-refractivity contribution in [3.63, 3.8) is 0 Å². The highest BCUT2D eigenvalue weighted by Crippen LogP contribution is 2.09. The van der Waals surface area contributed by atoms with Crippen molar-refractivity contribution in [1.29, 1.82) is 0 Å². The van der Waals surface area contributed by atoms with Crippen LogP contribution >= 0.6 is 0 Å². The normalized spacial score (nSPS) is 16.0. The summed E-state index contributed by atoms with van der Waals surface area (Å²) in [5, 5.41) is 8.94. The Morgan fingerprint density at radius 1 is 1.64 bits per heavy atom. The molecule has 0 radical (unpaired) electrons. The number of carboxylic acid groups (broad SMARTS) is 1. The van der Waals surface area contributed by atoms with Crippen LogP contribution in [0.4, 0.5) is 4.79 Å². The van der Waals surface area contributed by atoms with Crippen molar-refractivity contribution < 1.29 is 19.5 Å². The molecule has 0 atom stereocenters. The summed E-state index contributed by atoms with van der Waals surface area (Å²) in [4.78, 5) is 24.7. The topological polar surface area (TPSA) is 66.8 Å². The van der Waals surface area contributed by atoms with E-state index in [0.717, 1.165) is 5.06 Å². The van der Waals surface area contributed by atoms with Gasteiger partial charge in [0.1, 0.15) is 0 Å². The first-order valence-electron chi connectivity index (χ1n) is 2.91. The van der Waals surface area contributed by atoms with Crippen LogP contribution in [0.3, 0.4) is 0 Å². The van der Waals surface area contributed by atoms with Gasteiger partial charge in [0.2, 0.25) is 0 Å². The second-order valence-electron chi connectivity index (χ2n) is 1.96. The summed E-state index contributed by atoms with van der Waals surface area (Å²) in [5.41, 5.74) is 0.